The summed E-state index contributed by atoms with van der Waals surface area (Å²) in [5.74, 6) is 1.38. The summed E-state index contributed by atoms with van der Waals surface area (Å²) in [6, 6.07) is 14.6. The first-order valence-electron chi connectivity index (χ1n) is 14.1. The molecule has 1 amide bonds. The molecular weight excluding hydrogens is 502 g/mol. The minimum Gasteiger partial charge on any atom is -0.384 e. The Labute approximate surface area is 236 Å². The molecule has 4 N–H and O–H groups in total. The Kier molecular flexibility index (Phi) is 8.42. The monoisotopic (exact) mass is 541 g/mol. The van der Waals surface area contributed by atoms with Gasteiger partial charge in [-0.05, 0) is 94.8 Å². The normalized spacial score (nSPS) is 19.4. The third-order valence-corrected chi connectivity index (χ3v) is 7.80. The molecule has 1 saturated heterocycles. The number of aromatic nitrogens is 3. The highest BCUT2D eigenvalue weighted by Gasteiger charge is 2.29. The lowest BCUT2D eigenvalue weighted by molar-refractivity contribution is 0.0740. The fourth-order valence-corrected chi connectivity index (χ4v) is 5.38. The van der Waals surface area contributed by atoms with E-state index in [2.05, 4.69) is 66.6 Å². The Morgan fingerprint density at radius 2 is 1.82 bits per heavy atom. The van der Waals surface area contributed by atoms with Crippen LogP contribution in [0.15, 0.2) is 61.3 Å². The first-order valence-corrected chi connectivity index (χ1v) is 14.1. The second kappa shape index (κ2) is 12.1. The van der Waals surface area contributed by atoms with E-state index in [9.17, 15) is 9.90 Å². The summed E-state index contributed by atoms with van der Waals surface area (Å²) in [6.07, 6.45) is 9.50. The second-order valence-electron chi connectivity index (χ2n) is 11.2. The molecule has 2 fully saturated rings. The number of anilines is 4. The zero-order chi connectivity index (χ0) is 28.1. The van der Waals surface area contributed by atoms with E-state index in [0.717, 1.165) is 11.7 Å². The number of carbonyl (C=O) groups excluding carboxylic acids is 1. The summed E-state index contributed by atoms with van der Waals surface area (Å²) in [5.41, 5.74) is 1.90. The van der Waals surface area contributed by atoms with E-state index in [1.54, 1.807) is 38.1 Å². The van der Waals surface area contributed by atoms with Gasteiger partial charge in [0, 0.05) is 24.5 Å². The Hall–Kier alpha value is -3.82. The lowest BCUT2D eigenvalue weighted by atomic mass is 9.80. The zero-order valence-corrected chi connectivity index (χ0v) is 23.4. The standard InChI is InChI=1S/C31H39N7O2/c1-4-17-32-29(39)25-20-33-30(37-28(25)36-27-8-5-7-26(35-27)31(2,3)40)34-23-13-9-21(10-14-23)22-11-15-24(16-12-22)38-18-6-19-38/h4-5,7-10,13-14,20,22,24,40H,1,6,11-12,15-19H2,2-3H3,(H,32,39)(H2,33,34,35,36,37). The minimum absolute atomic E-state index is 0.270. The van der Waals surface area contributed by atoms with Crippen LogP contribution in [0.3, 0.4) is 0 Å². The molecule has 40 heavy (non-hydrogen) atoms. The van der Waals surface area contributed by atoms with Gasteiger partial charge in [0.25, 0.3) is 5.91 Å². The molecule has 210 valence electrons. The van der Waals surface area contributed by atoms with Crippen LogP contribution in [0.1, 0.15) is 73.5 Å². The van der Waals surface area contributed by atoms with Crippen molar-refractivity contribution in [1.29, 1.82) is 0 Å². The van der Waals surface area contributed by atoms with E-state index in [4.69, 9.17) is 0 Å². The van der Waals surface area contributed by atoms with Gasteiger partial charge in [0.15, 0.2) is 0 Å². The molecule has 2 aromatic heterocycles. The number of rotatable bonds is 10. The molecule has 0 radical (unpaired) electrons. The van der Waals surface area contributed by atoms with Crippen molar-refractivity contribution in [2.45, 2.75) is 63.5 Å². The van der Waals surface area contributed by atoms with Gasteiger partial charge in [-0.3, -0.25) is 4.79 Å². The molecule has 2 aliphatic rings. The van der Waals surface area contributed by atoms with Crippen molar-refractivity contribution >= 4 is 29.2 Å². The molecule has 0 bridgehead atoms. The van der Waals surface area contributed by atoms with Crippen molar-refractivity contribution < 1.29 is 9.90 Å². The maximum absolute atomic E-state index is 12.8. The van der Waals surface area contributed by atoms with E-state index < -0.39 is 5.60 Å². The van der Waals surface area contributed by atoms with Gasteiger partial charge in [-0.1, -0.05) is 24.3 Å². The Balaban J connectivity index is 1.30. The van der Waals surface area contributed by atoms with Crippen LogP contribution in [0.5, 0.6) is 0 Å². The van der Waals surface area contributed by atoms with E-state index in [1.807, 2.05) is 0 Å². The topological polar surface area (TPSA) is 115 Å². The van der Waals surface area contributed by atoms with Crippen LogP contribution in [0.4, 0.5) is 23.3 Å². The van der Waals surface area contributed by atoms with Crippen molar-refractivity contribution in [1.82, 2.24) is 25.2 Å². The Morgan fingerprint density at radius 1 is 1.07 bits per heavy atom. The van der Waals surface area contributed by atoms with Gasteiger partial charge in [0.2, 0.25) is 5.95 Å². The van der Waals surface area contributed by atoms with Crippen LogP contribution in [-0.2, 0) is 5.60 Å². The van der Waals surface area contributed by atoms with Crippen molar-refractivity contribution in [3.05, 3.63) is 78.1 Å². The van der Waals surface area contributed by atoms with Crippen molar-refractivity contribution in [2.75, 3.05) is 30.3 Å². The Bertz CT molecular complexity index is 1320. The first-order chi connectivity index (χ1) is 19.3. The van der Waals surface area contributed by atoms with Crippen molar-refractivity contribution in [3.8, 4) is 0 Å². The van der Waals surface area contributed by atoms with E-state index in [-0.39, 0.29) is 11.5 Å². The highest BCUT2D eigenvalue weighted by atomic mass is 16.3. The highest BCUT2D eigenvalue weighted by molar-refractivity contribution is 5.99. The first kappa shape index (κ1) is 27.7. The third kappa shape index (κ3) is 6.66. The molecule has 1 aliphatic heterocycles. The number of pyridine rings is 1. The van der Waals surface area contributed by atoms with Gasteiger partial charge < -0.3 is 26.0 Å². The molecule has 1 aromatic carbocycles. The van der Waals surface area contributed by atoms with Gasteiger partial charge in [0.05, 0.1) is 5.69 Å². The number of aliphatic hydroxyl groups is 1. The minimum atomic E-state index is -1.11. The molecule has 0 spiro atoms. The number of nitrogens with zero attached hydrogens (tertiary/aromatic N) is 4. The molecule has 3 aromatic rings. The molecule has 3 heterocycles. The molecule has 0 atom stereocenters. The summed E-state index contributed by atoms with van der Waals surface area (Å²) in [7, 11) is 0. The van der Waals surface area contributed by atoms with Gasteiger partial charge in [-0.25, -0.2) is 9.97 Å². The van der Waals surface area contributed by atoms with Crippen LogP contribution in [0, 0.1) is 0 Å². The smallest absolute Gasteiger partial charge is 0.256 e. The molecule has 5 rings (SSSR count). The van der Waals surface area contributed by atoms with Crippen LogP contribution >= 0.6 is 0 Å². The van der Waals surface area contributed by atoms with E-state index in [0.29, 0.717) is 35.7 Å². The highest BCUT2D eigenvalue weighted by Crippen LogP contribution is 2.36. The number of likely N-dealkylation sites (tertiary alicyclic amines) is 1. The number of amides is 1. The summed E-state index contributed by atoms with van der Waals surface area (Å²) < 4.78 is 0. The SMILES string of the molecule is C=CCNC(=O)c1cnc(Nc2ccc(C3CCC(N4CCC4)CC3)cc2)nc1Nc1cccc(C(C)(C)O)n1. The quantitative estimate of drug-likeness (QED) is 0.258. The summed E-state index contributed by atoms with van der Waals surface area (Å²) in [6.45, 7) is 9.87. The fraction of sp³-hybridized carbons (Fsp3) is 0.419. The van der Waals surface area contributed by atoms with Crippen LogP contribution in [-0.4, -0.2) is 56.5 Å². The predicted molar refractivity (Wildman–Crippen MR) is 158 cm³/mol. The fourth-order valence-electron chi connectivity index (χ4n) is 5.38. The average Bonchev–Trinajstić information content (AvgIpc) is 2.92. The summed E-state index contributed by atoms with van der Waals surface area (Å²) in [4.78, 5) is 29.0. The van der Waals surface area contributed by atoms with Crippen LogP contribution in [0.25, 0.3) is 0 Å². The van der Waals surface area contributed by atoms with Gasteiger partial charge in [0.1, 0.15) is 22.8 Å². The maximum atomic E-state index is 12.8. The zero-order valence-electron chi connectivity index (χ0n) is 23.4. The lowest BCUT2D eigenvalue weighted by Crippen LogP contribution is -2.46. The Morgan fingerprint density at radius 3 is 2.48 bits per heavy atom. The number of hydrogen-bond donors (Lipinski definition) is 4. The van der Waals surface area contributed by atoms with E-state index >= 15 is 0 Å². The molecule has 9 heteroatoms. The number of carbonyl (C=O) groups is 1. The number of hydrogen-bond acceptors (Lipinski definition) is 8. The lowest BCUT2D eigenvalue weighted by Gasteiger charge is -2.42. The third-order valence-electron chi connectivity index (χ3n) is 7.80. The van der Waals surface area contributed by atoms with Gasteiger partial charge in [-0.2, -0.15) is 4.98 Å². The van der Waals surface area contributed by atoms with Crippen molar-refractivity contribution in [3.63, 3.8) is 0 Å². The second-order valence-corrected chi connectivity index (χ2v) is 11.2. The molecule has 9 nitrogen and oxygen atoms in total. The predicted octanol–water partition coefficient (Wildman–Crippen LogP) is 5.23. The number of benzene rings is 1. The largest absolute Gasteiger partial charge is 0.384 e. The van der Waals surface area contributed by atoms with Crippen molar-refractivity contribution in [2.24, 2.45) is 0 Å². The van der Waals surface area contributed by atoms with Gasteiger partial charge in [-0.15, -0.1) is 6.58 Å². The van der Waals surface area contributed by atoms with Crippen LogP contribution in [0.2, 0.25) is 0 Å². The van der Waals surface area contributed by atoms with Crippen LogP contribution < -0.4 is 16.0 Å². The summed E-state index contributed by atoms with van der Waals surface area (Å²) in [5, 5.41) is 19.5. The average molecular weight is 542 g/mol. The molecular formula is C31H39N7O2. The molecule has 1 saturated carbocycles. The number of nitrogens with one attached hydrogen (secondary N) is 3. The summed E-state index contributed by atoms with van der Waals surface area (Å²) >= 11 is 0. The van der Waals surface area contributed by atoms with Gasteiger partial charge >= 0.3 is 0 Å². The molecule has 1 aliphatic carbocycles. The maximum Gasteiger partial charge on any atom is 0.256 e. The molecule has 0 unspecified atom stereocenters. The van der Waals surface area contributed by atoms with E-state index in [1.165, 1.54) is 57.0 Å².